The Hall–Kier alpha value is -2.52. The summed E-state index contributed by atoms with van der Waals surface area (Å²) < 4.78 is 17.0. The van der Waals surface area contributed by atoms with Crippen LogP contribution in [0.25, 0.3) is 6.08 Å². The van der Waals surface area contributed by atoms with Gasteiger partial charge < -0.3 is 14.2 Å². The van der Waals surface area contributed by atoms with Crippen LogP contribution in [0.5, 0.6) is 17.2 Å². The van der Waals surface area contributed by atoms with Gasteiger partial charge in [-0.3, -0.25) is 0 Å². The maximum atomic E-state index is 5.96. The van der Waals surface area contributed by atoms with E-state index in [0.29, 0.717) is 17.2 Å². The van der Waals surface area contributed by atoms with Crippen molar-refractivity contribution in [3.05, 3.63) is 23.8 Å². The topological polar surface area (TPSA) is 27.7 Å². The molecular formula is C17H16O3. The zero-order valence-electron chi connectivity index (χ0n) is 11.6. The molecule has 0 fully saturated rings. The van der Waals surface area contributed by atoms with E-state index in [0.717, 1.165) is 5.56 Å². The summed E-state index contributed by atoms with van der Waals surface area (Å²) >= 11 is 0. The fourth-order valence-electron chi connectivity index (χ4n) is 1.87. The van der Waals surface area contributed by atoms with Crippen molar-refractivity contribution in [2.75, 3.05) is 13.2 Å². The highest BCUT2D eigenvalue weighted by Gasteiger charge is 2.26. The Morgan fingerprint density at radius 1 is 1.15 bits per heavy atom. The standard InChI is InChI=1S/C17H16O3/c1-5-11-18-14-8-7-13-9-10-17(3,4)20-15(13)16(14)19-12-6-2/h1-2,7-10H,11-12H2,3-4H3. The van der Waals surface area contributed by atoms with Gasteiger partial charge in [0, 0.05) is 5.56 Å². The molecule has 3 nitrogen and oxygen atoms in total. The second kappa shape index (κ2) is 5.63. The predicted molar refractivity (Wildman–Crippen MR) is 78.8 cm³/mol. The van der Waals surface area contributed by atoms with Crippen LogP contribution in [0.15, 0.2) is 18.2 Å². The molecule has 0 N–H and O–H groups in total. The minimum absolute atomic E-state index is 0.135. The Morgan fingerprint density at radius 3 is 2.55 bits per heavy atom. The molecule has 1 aromatic carbocycles. The van der Waals surface area contributed by atoms with Crippen molar-refractivity contribution in [3.8, 4) is 41.9 Å². The van der Waals surface area contributed by atoms with Crippen molar-refractivity contribution in [1.29, 1.82) is 0 Å². The first-order valence-electron chi connectivity index (χ1n) is 6.25. The van der Waals surface area contributed by atoms with Crippen LogP contribution in [0, 0.1) is 24.7 Å². The third-order valence-corrected chi connectivity index (χ3v) is 2.75. The summed E-state index contributed by atoms with van der Waals surface area (Å²) in [6, 6.07) is 3.70. The van der Waals surface area contributed by atoms with Crippen molar-refractivity contribution in [1.82, 2.24) is 0 Å². The Kier molecular flexibility index (Phi) is 3.91. The number of hydrogen-bond donors (Lipinski definition) is 0. The average Bonchev–Trinajstić information content (AvgIpc) is 2.42. The largest absolute Gasteiger partial charge is 0.479 e. The van der Waals surface area contributed by atoms with Gasteiger partial charge in [0.15, 0.2) is 11.5 Å². The number of benzene rings is 1. The highest BCUT2D eigenvalue weighted by molar-refractivity contribution is 5.69. The van der Waals surface area contributed by atoms with E-state index >= 15 is 0 Å². The summed E-state index contributed by atoms with van der Waals surface area (Å²) in [5.74, 6) is 6.51. The van der Waals surface area contributed by atoms with Crippen LogP contribution in [0.1, 0.15) is 19.4 Å². The van der Waals surface area contributed by atoms with Gasteiger partial charge in [-0.2, -0.15) is 0 Å². The normalized spacial score (nSPS) is 14.4. The summed E-state index contributed by atoms with van der Waals surface area (Å²) in [5, 5.41) is 0. The number of ether oxygens (including phenoxy) is 3. The molecule has 0 radical (unpaired) electrons. The van der Waals surface area contributed by atoms with Crippen molar-refractivity contribution in [2.45, 2.75) is 19.4 Å². The van der Waals surface area contributed by atoms with Crippen LogP contribution in [0.2, 0.25) is 0 Å². The quantitative estimate of drug-likeness (QED) is 0.786. The second-order valence-electron chi connectivity index (χ2n) is 4.84. The lowest BCUT2D eigenvalue weighted by Crippen LogP contribution is -2.28. The lowest BCUT2D eigenvalue weighted by Gasteiger charge is -2.29. The van der Waals surface area contributed by atoms with Gasteiger partial charge in [0.2, 0.25) is 5.75 Å². The molecule has 0 spiro atoms. The Labute approximate surface area is 119 Å². The van der Waals surface area contributed by atoms with Crippen molar-refractivity contribution < 1.29 is 14.2 Å². The molecule has 3 heteroatoms. The molecule has 2 rings (SSSR count). The Morgan fingerprint density at radius 2 is 1.85 bits per heavy atom. The van der Waals surface area contributed by atoms with E-state index < -0.39 is 5.60 Å². The van der Waals surface area contributed by atoms with Crippen LogP contribution in [-0.4, -0.2) is 18.8 Å². The van der Waals surface area contributed by atoms with Gasteiger partial charge in [-0.1, -0.05) is 17.9 Å². The smallest absolute Gasteiger partial charge is 0.205 e. The lowest BCUT2D eigenvalue weighted by molar-refractivity contribution is 0.149. The molecule has 1 aliphatic rings. The molecule has 0 unspecified atom stereocenters. The Bertz CT molecular complexity index is 612. The van der Waals surface area contributed by atoms with Crippen LogP contribution in [-0.2, 0) is 0 Å². The zero-order valence-corrected chi connectivity index (χ0v) is 11.6. The van der Waals surface area contributed by atoms with Crippen molar-refractivity contribution >= 4 is 6.08 Å². The van der Waals surface area contributed by atoms with E-state index in [1.54, 1.807) is 6.07 Å². The molecular weight excluding hydrogens is 252 g/mol. The first kappa shape index (κ1) is 13.9. The fraction of sp³-hybridized carbons (Fsp3) is 0.294. The first-order valence-corrected chi connectivity index (χ1v) is 6.25. The minimum Gasteiger partial charge on any atom is -0.479 e. The molecule has 1 aromatic rings. The van der Waals surface area contributed by atoms with Gasteiger partial charge in [0.05, 0.1) is 0 Å². The summed E-state index contributed by atoms with van der Waals surface area (Å²) in [6.07, 6.45) is 14.5. The van der Waals surface area contributed by atoms with E-state index in [1.807, 2.05) is 32.1 Å². The number of hydrogen-bond acceptors (Lipinski definition) is 3. The van der Waals surface area contributed by atoms with Gasteiger partial charge in [-0.05, 0) is 32.1 Å². The van der Waals surface area contributed by atoms with Crippen LogP contribution < -0.4 is 14.2 Å². The molecule has 1 heterocycles. The number of terminal acetylenes is 2. The highest BCUT2D eigenvalue weighted by Crippen LogP contribution is 2.44. The number of rotatable bonds is 4. The molecule has 1 aliphatic heterocycles. The van der Waals surface area contributed by atoms with Crippen LogP contribution >= 0.6 is 0 Å². The van der Waals surface area contributed by atoms with Gasteiger partial charge >= 0.3 is 0 Å². The third kappa shape index (κ3) is 2.90. The first-order chi connectivity index (χ1) is 9.57. The summed E-state index contributed by atoms with van der Waals surface area (Å²) in [7, 11) is 0. The SMILES string of the molecule is C#CCOc1ccc2c(c1OCC#C)OC(C)(C)C=C2. The van der Waals surface area contributed by atoms with Crippen LogP contribution in [0.4, 0.5) is 0 Å². The van der Waals surface area contributed by atoms with E-state index in [2.05, 4.69) is 11.8 Å². The molecule has 0 saturated heterocycles. The van der Waals surface area contributed by atoms with E-state index in [9.17, 15) is 0 Å². The van der Waals surface area contributed by atoms with Crippen LogP contribution in [0.3, 0.4) is 0 Å². The maximum absolute atomic E-state index is 5.96. The van der Waals surface area contributed by atoms with Crippen molar-refractivity contribution in [2.24, 2.45) is 0 Å². The second-order valence-corrected chi connectivity index (χ2v) is 4.84. The predicted octanol–water partition coefficient (Wildman–Crippen LogP) is 2.89. The van der Waals surface area contributed by atoms with Gasteiger partial charge in [0.25, 0.3) is 0 Å². The van der Waals surface area contributed by atoms with Gasteiger partial charge in [-0.15, -0.1) is 12.8 Å². The lowest BCUT2D eigenvalue weighted by atomic mass is 10.0. The molecule has 0 bridgehead atoms. The maximum Gasteiger partial charge on any atom is 0.205 e. The molecule has 102 valence electrons. The van der Waals surface area contributed by atoms with Gasteiger partial charge in [-0.25, -0.2) is 0 Å². The Balaban J connectivity index is 2.45. The third-order valence-electron chi connectivity index (χ3n) is 2.75. The molecule has 0 aliphatic carbocycles. The molecule has 0 saturated carbocycles. The summed E-state index contributed by atoms with van der Waals surface area (Å²) in [4.78, 5) is 0. The van der Waals surface area contributed by atoms with Gasteiger partial charge in [0.1, 0.15) is 18.8 Å². The fourth-order valence-corrected chi connectivity index (χ4v) is 1.87. The minimum atomic E-state index is -0.411. The average molecular weight is 268 g/mol. The van der Waals surface area contributed by atoms with E-state index in [-0.39, 0.29) is 13.2 Å². The summed E-state index contributed by atoms with van der Waals surface area (Å²) in [6.45, 7) is 4.22. The molecule has 0 atom stereocenters. The molecule has 0 aromatic heterocycles. The summed E-state index contributed by atoms with van der Waals surface area (Å²) in [5.41, 5.74) is 0.510. The molecule has 0 amide bonds. The van der Waals surface area contributed by atoms with E-state index in [4.69, 9.17) is 27.1 Å². The number of fused-ring (bicyclic) bond motifs is 1. The highest BCUT2D eigenvalue weighted by atomic mass is 16.5. The van der Waals surface area contributed by atoms with E-state index in [1.165, 1.54) is 0 Å². The van der Waals surface area contributed by atoms with Crippen molar-refractivity contribution in [3.63, 3.8) is 0 Å². The monoisotopic (exact) mass is 268 g/mol. The molecule has 20 heavy (non-hydrogen) atoms. The zero-order chi connectivity index (χ0) is 14.6.